The van der Waals surface area contributed by atoms with Crippen LogP contribution in [0.3, 0.4) is 0 Å². The number of urea groups is 1. The minimum Gasteiger partial charge on any atom is -0.493 e. The van der Waals surface area contributed by atoms with E-state index in [4.69, 9.17) is 9.47 Å². The zero-order chi connectivity index (χ0) is 22.7. The molecule has 3 amide bonds. The standard InChI is InChI=1S/C25H23IN2O4/c1-3-10-28-24(29)21(27-25(28)30)13-17-12-20(26)23(22(14-17)31-2)32-15-16-8-9-18-6-4-5-7-19(18)11-16/h4-9,11-14H,3,10,15H2,1-2H3,(H,27,30)/b21-13+. The molecule has 6 nitrogen and oxygen atoms in total. The minimum absolute atomic E-state index is 0.256. The number of halogens is 1. The topological polar surface area (TPSA) is 67.9 Å². The van der Waals surface area contributed by atoms with Crippen molar-refractivity contribution in [3.05, 3.63) is 75.0 Å². The molecule has 0 saturated carbocycles. The maximum Gasteiger partial charge on any atom is 0.329 e. The van der Waals surface area contributed by atoms with Crippen molar-refractivity contribution in [1.82, 2.24) is 10.2 Å². The summed E-state index contributed by atoms with van der Waals surface area (Å²) in [6.45, 7) is 2.72. The van der Waals surface area contributed by atoms with Crippen LogP contribution in [0.25, 0.3) is 16.8 Å². The zero-order valence-corrected chi connectivity index (χ0v) is 20.0. The lowest BCUT2D eigenvalue weighted by atomic mass is 10.1. The highest BCUT2D eigenvalue weighted by molar-refractivity contribution is 14.1. The van der Waals surface area contributed by atoms with Gasteiger partial charge in [0.15, 0.2) is 11.5 Å². The van der Waals surface area contributed by atoms with E-state index in [1.807, 2.05) is 25.1 Å². The van der Waals surface area contributed by atoms with Gasteiger partial charge in [0.2, 0.25) is 0 Å². The lowest BCUT2D eigenvalue weighted by molar-refractivity contribution is -0.122. The fourth-order valence-electron chi connectivity index (χ4n) is 3.61. The van der Waals surface area contributed by atoms with Gasteiger partial charge in [-0.05, 0) is 75.2 Å². The average Bonchev–Trinajstić information content (AvgIpc) is 3.05. The number of rotatable bonds is 7. The van der Waals surface area contributed by atoms with Crippen molar-refractivity contribution < 1.29 is 19.1 Å². The summed E-state index contributed by atoms with van der Waals surface area (Å²) >= 11 is 2.19. The second-order valence-electron chi connectivity index (χ2n) is 7.45. The van der Waals surface area contributed by atoms with Crippen molar-refractivity contribution in [2.75, 3.05) is 13.7 Å². The van der Waals surface area contributed by atoms with Crippen molar-refractivity contribution in [1.29, 1.82) is 0 Å². The molecule has 0 aromatic heterocycles. The molecule has 164 valence electrons. The van der Waals surface area contributed by atoms with E-state index in [-0.39, 0.29) is 17.6 Å². The van der Waals surface area contributed by atoms with Gasteiger partial charge in [0.25, 0.3) is 5.91 Å². The summed E-state index contributed by atoms with van der Waals surface area (Å²) < 4.78 is 12.5. The smallest absolute Gasteiger partial charge is 0.329 e. The number of hydrogen-bond donors (Lipinski definition) is 1. The molecular formula is C25H23IN2O4. The lowest BCUT2D eigenvalue weighted by Crippen LogP contribution is -2.31. The molecule has 1 saturated heterocycles. The van der Waals surface area contributed by atoms with E-state index in [0.717, 1.165) is 20.1 Å². The Morgan fingerprint density at radius 2 is 1.84 bits per heavy atom. The van der Waals surface area contributed by atoms with Crippen LogP contribution >= 0.6 is 22.6 Å². The van der Waals surface area contributed by atoms with E-state index in [1.54, 1.807) is 19.3 Å². The Labute approximate surface area is 200 Å². The van der Waals surface area contributed by atoms with Crippen molar-refractivity contribution in [3.8, 4) is 11.5 Å². The first-order chi connectivity index (χ1) is 15.5. The fourth-order valence-corrected chi connectivity index (χ4v) is 4.39. The van der Waals surface area contributed by atoms with E-state index in [0.29, 0.717) is 31.1 Å². The quantitative estimate of drug-likeness (QED) is 0.249. The van der Waals surface area contributed by atoms with Gasteiger partial charge in [0, 0.05) is 6.54 Å². The number of nitrogens with zero attached hydrogens (tertiary/aromatic N) is 1. The molecule has 0 radical (unpaired) electrons. The number of imide groups is 1. The molecule has 0 bridgehead atoms. The third-order valence-corrected chi connectivity index (χ3v) is 5.97. The molecule has 3 aromatic rings. The summed E-state index contributed by atoms with van der Waals surface area (Å²) in [6, 6.07) is 17.8. The number of hydrogen-bond acceptors (Lipinski definition) is 4. The third-order valence-electron chi connectivity index (χ3n) is 5.17. The molecular weight excluding hydrogens is 519 g/mol. The number of carbonyl (C=O) groups is 2. The Morgan fingerprint density at radius 1 is 1.06 bits per heavy atom. The van der Waals surface area contributed by atoms with Crippen molar-refractivity contribution in [2.45, 2.75) is 20.0 Å². The summed E-state index contributed by atoms with van der Waals surface area (Å²) in [6.07, 6.45) is 2.37. The van der Waals surface area contributed by atoms with Crippen LogP contribution in [-0.2, 0) is 11.4 Å². The summed E-state index contributed by atoms with van der Waals surface area (Å²) in [5.41, 5.74) is 2.06. The van der Waals surface area contributed by atoms with Gasteiger partial charge in [-0.3, -0.25) is 9.69 Å². The van der Waals surface area contributed by atoms with E-state index in [1.165, 1.54) is 10.3 Å². The monoisotopic (exact) mass is 542 g/mol. The van der Waals surface area contributed by atoms with Crippen molar-refractivity contribution >= 4 is 51.4 Å². The predicted octanol–water partition coefficient (Wildman–Crippen LogP) is 5.33. The Bertz CT molecular complexity index is 1220. The number of ether oxygens (including phenoxy) is 2. The van der Waals surface area contributed by atoms with E-state index >= 15 is 0 Å². The molecule has 1 aliphatic rings. The Balaban J connectivity index is 1.55. The van der Waals surface area contributed by atoms with Gasteiger partial charge in [0.1, 0.15) is 12.3 Å². The average molecular weight is 542 g/mol. The van der Waals surface area contributed by atoms with E-state index < -0.39 is 0 Å². The highest BCUT2D eigenvalue weighted by Gasteiger charge is 2.32. The van der Waals surface area contributed by atoms with Gasteiger partial charge in [-0.15, -0.1) is 0 Å². The number of fused-ring (bicyclic) bond motifs is 1. The molecule has 1 N–H and O–H groups in total. The number of methoxy groups -OCH3 is 1. The van der Waals surface area contributed by atoms with Crippen LogP contribution in [0.5, 0.6) is 11.5 Å². The van der Waals surface area contributed by atoms with Gasteiger partial charge < -0.3 is 14.8 Å². The Hall–Kier alpha value is -3.07. The van der Waals surface area contributed by atoms with Crippen LogP contribution in [0.1, 0.15) is 24.5 Å². The fraction of sp³-hybridized carbons (Fsp3) is 0.200. The second-order valence-corrected chi connectivity index (χ2v) is 8.61. The van der Waals surface area contributed by atoms with E-state index in [2.05, 4.69) is 58.2 Å². The number of amides is 3. The first-order valence-corrected chi connectivity index (χ1v) is 11.4. The SMILES string of the molecule is CCCN1C(=O)N/C(=C/c2cc(I)c(OCc3ccc4ccccc4c3)c(OC)c2)C1=O. The largest absolute Gasteiger partial charge is 0.493 e. The van der Waals surface area contributed by atoms with Crippen LogP contribution in [0, 0.1) is 3.57 Å². The molecule has 32 heavy (non-hydrogen) atoms. The highest BCUT2D eigenvalue weighted by Crippen LogP contribution is 2.35. The molecule has 0 unspecified atom stereocenters. The van der Waals surface area contributed by atoms with E-state index in [9.17, 15) is 9.59 Å². The molecule has 1 fully saturated rings. The van der Waals surface area contributed by atoms with Crippen LogP contribution in [-0.4, -0.2) is 30.5 Å². The van der Waals surface area contributed by atoms with Crippen LogP contribution in [0.2, 0.25) is 0 Å². The predicted molar refractivity (Wildman–Crippen MR) is 133 cm³/mol. The van der Waals surface area contributed by atoms with Crippen LogP contribution < -0.4 is 14.8 Å². The molecule has 4 rings (SSSR count). The minimum atomic E-state index is -0.389. The molecule has 0 aliphatic carbocycles. The molecule has 1 aliphatic heterocycles. The van der Waals surface area contributed by atoms with Gasteiger partial charge in [0.05, 0.1) is 10.7 Å². The molecule has 3 aromatic carbocycles. The number of benzene rings is 3. The third kappa shape index (κ3) is 4.57. The van der Waals surface area contributed by atoms with Gasteiger partial charge >= 0.3 is 6.03 Å². The van der Waals surface area contributed by atoms with Crippen molar-refractivity contribution in [2.24, 2.45) is 0 Å². The zero-order valence-electron chi connectivity index (χ0n) is 17.9. The van der Waals surface area contributed by atoms with Gasteiger partial charge in [-0.1, -0.05) is 43.3 Å². The Morgan fingerprint density at radius 3 is 2.59 bits per heavy atom. The molecule has 0 atom stereocenters. The maximum absolute atomic E-state index is 12.5. The first kappa shape index (κ1) is 22.1. The summed E-state index contributed by atoms with van der Waals surface area (Å²) in [7, 11) is 1.58. The lowest BCUT2D eigenvalue weighted by Gasteiger charge is -2.14. The number of carbonyl (C=O) groups excluding carboxylic acids is 2. The molecule has 0 spiro atoms. The van der Waals surface area contributed by atoms with Gasteiger partial charge in [-0.25, -0.2) is 4.79 Å². The molecule has 1 heterocycles. The second kappa shape index (κ2) is 9.60. The summed E-state index contributed by atoms with van der Waals surface area (Å²) in [5, 5.41) is 5.00. The van der Waals surface area contributed by atoms with Crippen LogP contribution in [0.15, 0.2) is 60.3 Å². The highest BCUT2D eigenvalue weighted by atomic mass is 127. The van der Waals surface area contributed by atoms with Crippen LogP contribution in [0.4, 0.5) is 4.79 Å². The summed E-state index contributed by atoms with van der Waals surface area (Å²) in [5.74, 6) is 0.881. The van der Waals surface area contributed by atoms with Gasteiger partial charge in [-0.2, -0.15) is 0 Å². The maximum atomic E-state index is 12.5. The Kier molecular flexibility index (Phi) is 6.64. The number of nitrogens with one attached hydrogen (secondary N) is 1. The van der Waals surface area contributed by atoms with Crippen molar-refractivity contribution in [3.63, 3.8) is 0 Å². The first-order valence-electron chi connectivity index (χ1n) is 10.3. The normalized spacial score (nSPS) is 14.8. The summed E-state index contributed by atoms with van der Waals surface area (Å²) in [4.78, 5) is 25.7. The molecule has 7 heteroatoms.